The zero-order chi connectivity index (χ0) is 2.71. The maximum atomic E-state index is 7.10. The molecule has 0 fully saturated rings. The number of halogens is 2. The van der Waals surface area contributed by atoms with Crippen LogP contribution in [-0.2, 0) is 0 Å². The number of nitrogens with two attached hydrogens (primary N) is 1. The van der Waals surface area contributed by atoms with Gasteiger partial charge in [0, 0.05) is 0 Å². The van der Waals surface area contributed by atoms with E-state index in [1.54, 1.807) is 0 Å². The van der Waals surface area contributed by atoms with E-state index in [1.807, 2.05) is 0 Å². The SMILES string of the molecule is N#CN.[Ca+2].[Cl-].[Cl-]. The van der Waals surface area contributed by atoms with E-state index in [-0.39, 0.29) is 62.6 Å². The predicted molar refractivity (Wildman–Crippen MR) is 15.6 cm³/mol. The van der Waals surface area contributed by atoms with Gasteiger partial charge in [-0.25, -0.2) is 0 Å². The maximum absolute atomic E-state index is 7.10. The van der Waals surface area contributed by atoms with E-state index in [1.165, 1.54) is 6.19 Å². The second-order valence-corrected chi connectivity index (χ2v) is 0.129. The molecule has 2 nitrogen and oxygen atoms in total. The minimum absolute atomic E-state index is 0. The van der Waals surface area contributed by atoms with E-state index >= 15 is 0 Å². The Labute approximate surface area is 78.9 Å². The third-order valence-electron chi connectivity index (χ3n) is 0. The maximum Gasteiger partial charge on any atom is 2.00 e. The predicted octanol–water partition coefficient (Wildman–Crippen LogP) is -6.95. The molecule has 0 aliphatic rings. The van der Waals surface area contributed by atoms with E-state index in [9.17, 15) is 0 Å². The largest absolute Gasteiger partial charge is 2.00 e. The van der Waals surface area contributed by atoms with Crippen LogP contribution in [-0.4, -0.2) is 37.7 Å². The van der Waals surface area contributed by atoms with E-state index in [0.717, 1.165) is 0 Å². The first kappa shape index (κ1) is 27.3. The first-order chi connectivity index (χ1) is 1.41. The monoisotopic (exact) mass is 152 g/mol. The Balaban J connectivity index is -0.00000000667. The summed E-state index contributed by atoms with van der Waals surface area (Å²) in [6.45, 7) is 0. The van der Waals surface area contributed by atoms with Crippen LogP contribution in [0.3, 0.4) is 0 Å². The summed E-state index contributed by atoms with van der Waals surface area (Å²) in [5.74, 6) is 0. The Morgan fingerprint density at radius 2 is 1.33 bits per heavy atom. The Morgan fingerprint density at radius 1 is 1.33 bits per heavy atom. The molecule has 0 aromatic rings. The molecule has 0 aromatic heterocycles. The summed E-state index contributed by atoms with van der Waals surface area (Å²) in [7, 11) is 0. The van der Waals surface area contributed by atoms with Crippen LogP contribution in [0.2, 0.25) is 0 Å². The zero-order valence-corrected chi connectivity index (χ0v) is 6.71. The molecule has 0 unspecified atom stereocenters. The summed E-state index contributed by atoms with van der Waals surface area (Å²) in [6.07, 6.45) is 1.25. The first-order valence-corrected chi connectivity index (χ1v) is 0.512. The fourth-order valence-corrected chi connectivity index (χ4v) is 0. The molecule has 0 amide bonds. The van der Waals surface area contributed by atoms with Crippen LogP contribution in [0.5, 0.6) is 0 Å². The van der Waals surface area contributed by atoms with Crippen molar-refractivity contribution < 1.29 is 24.8 Å². The fourth-order valence-electron chi connectivity index (χ4n) is 0. The molecule has 0 atom stereocenters. The van der Waals surface area contributed by atoms with E-state index in [4.69, 9.17) is 5.26 Å². The summed E-state index contributed by atoms with van der Waals surface area (Å²) in [5, 5.41) is 7.10. The van der Waals surface area contributed by atoms with Crippen molar-refractivity contribution in [3.63, 3.8) is 0 Å². The minimum atomic E-state index is 0. The van der Waals surface area contributed by atoms with Crippen LogP contribution >= 0.6 is 0 Å². The smallest absolute Gasteiger partial charge is 1.00 e. The van der Waals surface area contributed by atoms with E-state index < -0.39 is 0 Å². The molecule has 0 rings (SSSR count). The van der Waals surface area contributed by atoms with Crippen molar-refractivity contribution in [1.29, 1.82) is 5.26 Å². The third-order valence-corrected chi connectivity index (χ3v) is 0. The van der Waals surface area contributed by atoms with E-state index in [0.29, 0.717) is 0 Å². The minimum Gasteiger partial charge on any atom is -1.00 e. The van der Waals surface area contributed by atoms with Crippen LogP contribution in [0.4, 0.5) is 0 Å². The van der Waals surface area contributed by atoms with Crippen molar-refractivity contribution in [2.24, 2.45) is 5.73 Å². The molecule has 0 radical (unpaired) electrons. The molecule has 6 heavy (non-hydrogen) atoms. The first-order valence-electron chi connectivity index (χ1n) is 0.512. The van der Waals surface area contributed by atoms with Gasteiger partial charge in [-0.15, -0.1) is 0 Å². The average Bonchev–Trinajstić information content (AvgIpc) is 0.918. The fraction of sp³-hybridized carbons (Fsp3) is 0. The van der Waals surface area contributed by atoms with Crippen LogP contribution in [0.15, 0.2) is 0 Å². The average molecular weight is 153 g/mol. The number of hydrogen-bond donors (Lipinski definition) is 1. The van der Waals surface area contributed by atoms with Gasteiger partial charge in [0.05, 0.1) is 0 Å². The van der Waals surface area contributed by atoms with E-state index in [2.05, 4.69) is 5.73 Å². The topological polar surface area (TPSA) is 49.8 Å². The molecule has 5 heteroatoms. The molecule has 0 saturated heterocycles. The van der Waals surface area contributed by atoms with Crippen LogP contribution < -0.4 is 30.5 Å². The van der Waals surface area contributed by atoms with Gasteiger partial charge in [-0.1, -0.05) is 0 Å². The van der Waals surface area contributed by atoms with Crippen LogP contribution in [0.1, 0.15) is 0 Å². The molecule has 0 aliphatic carbocycles. The Bertz CT molecular complexity index is 33.0. The van der Waals surface area contributed by atoms with Gasteiger partial charge in [-0.3, -0.25) is 0 Å². The van der Waals surface area contributed by atoms with Gasteiger partial charge < -0.3 is 30.5 Å². The van der Waals surface area contributed by atoms with Crippen molar-refractivity contribution >= 4 is 37.7 Å². The normalized spacial score (nSPS) is 1.17. The third kappa shape index (κ3) is 68.5. The molecular weight excluding hydrogens is 151 g/mol. The summed E-state index contributed by atoms with van der Waals surface area (Å²) >= 11 is 0. The number of rotatable bonds is 0. The standard InChI is InChI=1S/CH2N2.Ca.2ClH/c2-1-3;;;/h2H2;;2*1H/q;+2;;/p-2. The summed E-state index contributed by atoms with van der Waals surface area (Å²) in [4.78, 5) is 0. The summed E-state index contributed by atoms with van der Waals surface area (Å²) in [6, 6.07) is 0. The van der Waals surface area contributed by atoms with Gasteiger partial charge in [-0.2, -0.15) is 5.26 Å². The zero-order valence-electron chi connectivity index (χ0n) is 2.99. The molecule has 0 saturated carbocycles. The molecule has 0 spiro atoms. The van der Waals surface area contributed by atoms with Crippen LogP contribution in [0, 0.1) is 11.5 Å². The molecule has 0 aliphatic heterocycles. The van der Waals surface area contributed by atoms with Crippen molar-refractivity contribution in [1.82, 2.24) is 0 Å². The number of nitriles is 1. The second-order valence-electron chi connectivity index (χ2n) is 0.129. The van der Waals surface area contributed by atoms with Crippen molar-refractivity contribution in [2.45, 2.75) is 0 Å². The van der Waals surface area contributed by atoms with Gasteiger partial charge in [0.15, 0.2) is 6.19 Å². The molecule has 2 N–H and O–H groups in total. The van der Waals surface area contributed by atoms with Crippen molar-refractivity contribution in [3.05, 3.63) is 0 Å². The quantitative estimate of drug-likeness (QED) is 0.213. The van der Waals surface area contributed by atoms with Crippen LogP contribution in [0.25, 0.3) is 0 Å². The molecule has 0 aromatic carbocycles. The summed E-state index contributed by atoms with van der Waals surface area (Å²) < 4.78 is 0. The Kier molecular flexibility index (Phi) is 162. The molecule has 0 heterocycles. The van der Waals surface area contributed by atoms with Gasteiger partial charge in [0.25, 0.3) is 0 Å². The van der Waals surface area contributed by atoms with Gasteiger partial charge in [0.1, 0.15) is 0 Å². The van der Waals surface area contributed by atoms with Crippen molar-refractivity contribution in [2.75, 3.05) is 0 Å². The summed E-state index contributed by atoms with van der Waals surface area (Å²) in [5.41, 5.74) is 4.15. The van der Waals surface area contributed by atoms with Gasteiger partial charge >= 0.3 is 37.7 Å². The molecular formula is CH2CaCl2N2. The molecule has 32 valence electrons. The van der Waals surface area contributed by atoms with Gasteiger partial charge in [-0.05, 0) is 0 Å². The number of hydrogen-bond acceptors (Lipinski definition) is 2. The Hall–Kier alpha value is 1.13. The molecule has 0 bridgehead atoms. The van der Waals surface area contributed by atoms with Gasteiger partial charge in [0.2, 0.25) is 0 Å². The number of nitrogens with zero attached hydrogens (tertiary/aromatic N) is 1. The second kappa shape index (κ2) is 35.6. The Morgan fingerprint density at radius 3 is 1.33 bits per heavy atom. The van der Waals surface area contributed by atoms with Crippen molar-refractivity contribution in [3.8, 4) is 6.19 Å².